The summed E-state index contributed by atoms with van der Waals surface area (Å²) in [6.45, 7) is 0. The van der Waals surface area contributed by atoms with Crippen LogP contribution in [0.5, 0.6) is 11.5 Å². The third-order valence-electron chi connectivity index (χ3n) is 5.61. The molecule has 0 saturated carbocycles. The van der Waals surface area contributed by atoms with E-state index in [-0.39, 0.29) is 32.6 Å². The van der Waals surface area contributed by atoms with Crippen molar-refractivity contribution in [2.45, 2.75) is 19.3 Å². The van der Waals surface area contributed by atoms with Crippen molar-refractivity contribution in [1.82, 2.24) is 5.43 Å². The van der Waals surface area contributed by atoms with Crippen molar-refractivity contribution in [2.75, 3.05) is 19.5 Å². The lowest BCUT2D eigenvalue weighted by Crippen LogP contribution is -2.32. The number of amides is 2. The van der Waals surface area contributed by atoms with Gasteiger partial charge in [-0.1, -0.05) is 23.7 Å². The number of rotatable bonds is 7. The van der Waals surface area contributed by atoms with E-state index in [4.69, 9.17) is 25.8 Å². The van der Waals surface area contributed by atoms with Crippen molar-refractivity contribution >= 4 is 57.9 Å². The molecule has 0 bridgehead atoms. The number of nitrogens with one attached hydrogen (secondary N) is 2. The molecule has 0 spiro atoms. The number of hydrazone groups is 1. The number of carbonyl (C=O) groups excluding carboxylic acids is 4. The van der Waals surface area contributed by atoms with Crippen LogP contribution in [0.2, 0.25) is 5.02 Å². The Labute approximate surface area is 226 Å². The molecule has 0 aliphatic heterocycles. The van der Waals surface area contributed by atoms with Crippen LogP contribution in [0.25, 0.3) is 0 Å². The van der Waals surface area contributed by atoms with E-state index in [1.165, 1.54) is 43.9 Å². The summed E-state index contributed by atoms with van der Waals surface area (Å²) < 4.78 is 15.5. The monoisotopic (exact) mass is 555 g/mol. The van der Waals surface area contributed by atoms with E-state index in [0.717, 1.165) is 23.3 Å². The van der Waals surface area contributed by atoms with Gasteiger partial charge in [0.05, 0.1) is 36.6 Å². The molecule has 2 aromatic carbocycles. The Kier molecular flexibility index (Phi) is 8.39. The van der Waals surface area contributed by atoms with Gasteiger partial charge in [-0.05, 0) is 60.7 Å². The summed E-state index contributed by atoms with van der Waals surface area (Å²) >= 11 is 7.31. The minimum Gasteiger partial charge on any atom is -0.493 e. The molecule has 3 aromatic rings. The van der Waals surface area contributed by atoms with Crippen molar-refractivity contribution < 1.29 is 33.4 Å². The fourth-order valence-electron chi connectivity index (χ4n) is 3.82. The van der Waals surface area contributed by atoms with Gasteiger partial charge in [0.15, 0.2) is 11.5 Å². The Hall–Kier alpha value is -4.22. The van der Waals surface area contributed by atoms with Crippen LogP contribution >= 0.6 is 22.9 Å². The molecule has 2 N–H and O–H groups in total. The van der Waals surface area contributed by atoms with Crippen molar-refractivity contribution in [3.05, 3.63) is 74.6 Å². The van der Waals surface area contributed by atoms with Crippen molar-refractivity contribution in [2.24, 2.45) is 5.10 Å². The summed E-state index contributed by atoms with van der Waals surface area (Å²) in [5.41, 5.74) is 3.97. The van der Waals surface area contributed by atoms with Gasteiger partial charge in [0, 0.05) is 4.88 Å². The maximum Gasteiger partial charge on any atom is 0.345 e. The summed E-state index contributed by atoms with van der Waals surface area (Å²) in [6, 6.07) is 11.1. The highest BCUT2D eigenvalue weighted by molar-refractivity contribution is 7.17. The molecule has 0 unspecified atom stereocenters. The first-order chi connectivity index (χ1) is 18.3. The largest absolute Gasteiger partial charge is 0.493 e. The van der Waals surface area contributed by atoms with Crippen LogP contribution in [0.1, 0.15) is 43.1 Å². The number of benzene rings is 2. The van der Waals surface area contributed by atoms with Gasteiger partial charge in [-0.15, -0.1) is 11.3 Å². The molecular formula is C26H22ClN3O7S. The van der Waals surface area contributed by atoms with Gasteiger partial charge in [0.1, 0.15) is 5.00 Å². The number of nitrogens with zero attached hydrogens (tertiary/aromatic N) is 1. The molecule has 1 aliphatic carbocycles. The van der Waals surface area contributed by atoms with E-state index in [2.05, 4.69) is 15.8 Å². The molecule has 1 aromatic heterocycles. The van der Waals surface area contributed by atoms with E-state index < -0.39 is 23.8 Å². The summed E-state index contributed by atoms with van der Waals surface area (Å²) in [5, 5.41) is 6.81. The number of esters is 2. The second-order valence-electron chi connectivity index (χ2n) is 7.99. The van der Waals surface area contributed by atoms with Gasteiger partial charge >= 0.3 is 23.8 Å². The van der Waals surface area contributed by atoms with Crippen LogP contribution in [0.3, 0.4) is 0 Å². The Morgan fingerprint density at radius 3 is 2.53 bits per heavy atom. The summed E-state index contributed by atoms with van der Waals surface area (Å²) in [6.07, 6.45) is 3.72. The molecule has 0 fully saturated rings. The second kappa shape index (κ2) is 11.9. The second-order valence-corrected chi connectivity index (χ2v) is 9.50. The predicted octanol–water partition coefficient (Wildman–Crippen LogP) is 3.99. The summed E-state index contributed by atoms with van der Waals surface area (Å²) in [7, 11) is 2.66. The van der Waals surface area contributed by atoms with E-state index in [1.54, 1.807) is 30.3 Å². The number of hydrogen-bond donors (Lipinski definition) is 2. The average Bonchev–Trinajstić information content (AvgIpc) is 3.50. The standard InChI is InChI=1S/C26H22ClN3O7S/c1-35-19-12-14(10-11-18(19)37-25(33)15-6-3-4-8-17(15)27)13-28-30-23(32)22(31)29-24-21(26(34)36-2)16-7-5-9-20(16)38-24/h3-4,6,8,10-13H,5,7,9H2,1-2H3,(H,29,31)(H,30,32)/b28-13+. The van der Waals surface area contributed by atoms with Gasteiger partial charge in [-0.2, -0.15) is 5.10 Å². The van der Waals surface area contributed by atoms with Gasteiger partial charge in [0.25, 0.3) is 0 Å². The highest BCUT2D eigenvalue weighted by Gasteiger charge is 2.29. The average molecular weight is 556 g/mol. The number of aryl methyl sites for hydroxylation is 1. The quantitative estimate of drug-likeness (QED) is 0.148. The van der Waals surface area contributed by atoms with Gasteiger partial charge in [-0.3, -0.25) is 9.59 Å². The van der Waals surface area contributed by atoms with Crippen molar-refractivity contribution in [3.63, 3.8) is 0 Å². The van der Waals surface area contributed by atoms with E-state index in [1.807, 2.05) is 0 Å². The number of thiophene rings is 1. The van der Waals surface area contributed by atoms with Gasteiger partial charge in [0.2, 0.25) is 0 Å². The van der Waals surface area contributed by atoms with Gasteiger partial charge in [-0.25, -0.2) is 15.0 Å². The lowest BCUT2D eigenvalue weighted by atomic mass is 10.1. The molecule has 10 nitrogen and oxygen atoms in total. The molecular weight excluding hydrogens is 534 g/mol. The molecule has 38 heavy (non-hydrogen) atoms. The normalized spacial score (nSPS) is 12.1. The molecule has 1 aliphatic rings. The van der Waals surface area contributed by atoms with Crippen LogP contribution in [-0.2, 0) is 27.2 Å². The number of hydrogen-bond acceptors (Lipinski definition) is 9. The maximum atomic E-state index is 12.4. The number of methoxy groups -OCH3 is 2. The molecule has 0 saturated heterocycles. The van der Waals surface area contributed by atoms with Crippen molar-refractivity contribution in [1.29, 1.82) is 0 Å². The van der Waals surface area contributed by atoms with Crippen LogP contribution in [0.15, 0.2) is 47.6 Å². The third kappa shape index (κ3) is 5.84. The van der Waals surface area contributed by atoms with Crippen molar-refractivity contribution in [3.8, 4) is 11.5 Å². The summed E-state index contributed by atoms with van der Waals surface area (Å²) in [5.74, 6) is -2.83. The zero-order valence-electron chi connectivity index (χ0n) is 20.3. The molecule has 4 rings (SSSR count). The van der Waals surface area contributed by atoms with Crippen LogP contribution in [0.4, 0.5) is 5.00 Å². The fraction of sp³-hybridized carbons (Fsp3) is 0.192. The molecule has 2 amide bonds. The van der Waals surface area contributed by atoms with Crippen LogP contribution < -0.4 is 20.2 Å². The zero-order valence-corrected chi connectivity index (χ0v) is 21.9. The highest BCUT2D eigenvalue weighted by Crippen LogP contribution is 2.39. The first kappa shape index (κ1) is 26.8. The minimum atomic E-state index is -1.03. The Balaban J connectivity index is 1.39. The number of ether oxygens (including phenoxy) is 3. The minimum absolute atomic E-state index is 0.155. The van der Waals surface area contributed by atoms with Crippen LogP contribution in [0, 0.1) is 0 Å². The number of anilines is 1. The third-order valence-corrected chi connectivity index (χ3v) is 7.14. The molecule has 0 atom stereocenters. The SMILES string of the molecule is COC(=O)c1c(NC(=O)C(=O)N/N=C/c2ccc(OC(=O)c3ccccc3Cl)c(OC)c2)sc2c1CCC2. The first-order valence-corrected chi connectivity index (χ1v) is 12.5. The Morgan fingerprint density at radius 1 is 1.00 bits per heavy atom. The van der Waals surface area contributed by atoms with Crippen LogP contribution in [-0.4, -0.2) is 44.2 Å². The van der Waals surface area contributed by atoms with E-state index >= 15 is 0 Å². The summed E-state index contributed by atoms with van der Waals surface area (Å²) in [4.78, 5) is 50.4. The fourth-order valence-corrected chi connectivity index (χ4v) is 5.30. The van der Waals surface area contributed by atoms with E-state index in [9.17, 15) is 19.2 Å². The van der Waals surface area contributed by atoms with E-state index in [0.29, 0.717) is 12.0 Å². The first-order valence-electron chi connectivity index (χ1n) is 11.3. The Morgan fingerprint density at radius 2 is 1.79 bits per heavy atom. The predicted molar refractivity (Wildman–Crippen MR) is 141 cm³/mol. The number of halogens is 1. The topological polar surface area (TPSA) is 132 Å². The zero-order chi connectivity index (χ0) is 27.2. The number of carbonyl (C=O) groups is 4. The smallest absolute Gasteiger partial charge is 0.345 e. The highest BCUT2D eigenvalue weighted by atomic mass is 35.5. The molecule has 196 valence electrons. The molecule has 1 heterocycles. The molecule has 12 heteroatoms. The van der Waals surface area contributed by atoms with Gasteiger partial charge < -0.3 is 19.5 Å². The number of fused-ring (bicyclic) bond motifs is 1. The lowest BCUT2D eigenvalue weighted by molar-refractivity contribution is -0.136. The maximum absolute atomic E-state index is 12.4. The lowest BCUT2D eigenvalue weighted by Gasteiger charge is -2.10. The molecule has 0 radical (unpaired) electrons. The Bertz CT molecular complexity index is 1450.